The minimum atomic E-state index is -2.58. The standard InChI is InChI=1S/C10H12N2O3S/c13-10(11-12-16(14)15)8-4-7-9-5-2-1-3-6-9/h1-3,5-6H,4,7-8H2,(H,11,13). The summed E-state index contributed by atoms with van der Waals surface area (Å²) in [7, 11) is -2.58. The van der Waals surface area contributed by atoms with E-state index in [2.05, 4.69) is 4.47 Å². The number of hydrogen-bond donors (Lipinski definition) is 1. The van der Waals surface area contributed by atoms with E-state index in [1.54, 1.807) is 0 Å². The first kappa shape index (κ1) is 12.4. The van der Waals surface area contributed by atoms with Crippen molar-refractivity contribution in [2.45, 2.75) is 19.3 Å². The second kappa shape index (κ2) is 6.73. The summed E-state index contributed by atoms with van der Waals surface area (Å²) in [4.78, 5) is 11.1. The van der Waals surface area contributed by atoms with Gasteiger partial charge in [0.2, 0.25) is 5.91 Å². The Hall–Kier alpha value is -1.69. The molecule has 0 heterocycles. The Morgan fingerprint density at radius 3 is 2.56 bits per heavy atom. The summed E-state index contributed by atoms with van der Waals surface area (Å²) < 4.78 is 22.9. The molecule has 16 heavy (non-hydrogen) atoms. The highest BCUT2D eigenvalue weighted by Crippen LogP contribution is 2.04. The molecule has 0 aliphatic rings. The number of nitrogens with zero attached hydrogens (tertiary/aromatic N) is 1. The predicted octanol–water partition coefficient (Wildman–Crippen LogP) is 1.10. The largest absolute Gasteiger partial charge is 0.332 e. The molecular weight excluding hydrogens is 228 g/mol. The number of carbonyl (C=O) groups excluding carboxylic acids is 1. The lowest BCUT2D eigenvalue weighted by atomic mass is 10.1. The number of rotatable bonds is 5. The van der Waals surface area contributed by atoms with Crippen LogP contribution in [0.5, 0.6) is 0 Å². The normalized spacial score (nSPS) is 9.50. The van der Waals surface area contributed by atoms with Gasteiger partial charge < -0.3 is 0 Å². The molecule has 1 amide bonds. The molecular formula is C10H12N2O3S. The topological polar surface area (TPSA) is 75.6 Å². The van der Waals surface area contributed by atoms with E-state index in [-0.39, 0.29) is 12.3 Å². The van der Waals surface area contributed by atoms with Gasteiger partial charge in [0.15, 0.2) is 0 Å². The Bertz CT molecular complexity index is 460. The maximum atomic E-state index is 11.1. The molecule has 1 aromatic rings. The van der Waals surface area contributed by atoms with Crippen molar-refractivity contribution >= 4 is 16.4 Å². The van der Waals surface area contributed by atoms with E-state index in [0.29, 0.717) is 6.42 Å². The van der Waals surface area contributed by atoms with Crippen LogP contribution in [0.1, 0.15) is 18.4 Å². The van der Waals surface area contributed by atoms with Crippen molar-refractivity contribution in [1.29, 1.82) is 0 Å². The quantitative estimate of drug-likeness (QED) is 0.783. The highest BCUT2D eigenvalue weighted by atomic mass is 32.2. The van der Waals surface area contributed by atoms with Crippen LogP contribution in [-0.4, -0.2) is 14.3 Å². The van der Waals surface area contributed by atoms with Crippen LogP contribution in [0.15, 0.2) is 34.8 Å². The monoisotopic (exact) mass is 240 g/mol. The summed E-state index contributed by atoms with van der Waals surface area (Å²) in [6.07, 6.45) is 1.71. The minimum absolute atomic E-state index is 0.260. The van der Waals surface area contributed by atoms with E-state index < -0.39 is 10.5 Å². The Balaban J connectivity index is 2.26. The molecule has 5 nitrogen and oxygen atoms in total. The maximum Gasteiger partial charge on any atom is 0.332 e. The molecule has 0 atom stereocenters. The van der Waals surface area contributed by atoms with Gasteiger partial charge in [0.1, 0.15) is 0 Å². The Kier molecular flexibility index (Phi) is 5.21. The fourth-order valence-corrected chi connectivity index (χ4v) is 1.42. The lowest BCUT2D eigenvalue weighted by Gasteiger charge is -1.99. The average Bonchev–Trinajstić information content (AvgIpc) is 2.28. The Morgan fingerprint density at radius 1 is 1.25 bits per heavy atom. The summed E-state index contributed by atoms with van der Waals surface area (Å²) in [5, 5.41) is 0. The molecule has 0 aliphatic carbocycles. The van der Waals surface area contributed by atoms with E-state index in [4.69, 9.17) is 0 Å². The SMILES string of the molecule is O=C(CCCc1ccccc1)NN=S(=O)=O. The van der Waals surface area contributed by atoms with E-state index >= 15 is 0 Å². The zero-order chi connectivity index (χ0) is 11.8. The molecule has 0 fully saturated rings. The number of aryl methyl sites for hydroxylation is 1. The van der Waals surface area contributed by atoms with Gasteiger partial charge >= 0.3 is 10.5 Å². The molecule has 0 saturated carbocycles. The van der Waals surface area contributed by atoms with Crippen molar-refractivity contribution in [3.8, 4) is 0 Å². The number of benzene rings is 1. The van der Waals surface area contributed by atoms with Gasteiger partial charge in [0, 0.05) is 6.42 Å². The number of hydrogen-bond acceptors (Lipinski definition) is 4. The van der Waals surface area contributed by atoms with Gasteiger partial charge in [-0.3, -0.25) is 4.79 Å². The smallest absolute Gasteiger partial charge is 0.273 e. The van der Waals surface area contributed by atoms with Crippen LogP contribution in [0.2, 0.25) is 0 Å². The first-order valence-electron chi connectivity index (χ1n) is 4.81. The summed E-state index contributed by atoms with van der Waals surface area (Å²) in [6, 6.07) is 9.76. The second-order valence-electron chi connectivity index (χ2n) is 3.18. The molecule has 0 radical (unpaired) electrons. The predicted molar refractivity (Wildman–Crippen MR) is 58.9 cm³/mol. The molecule has 6 heteroatoms. The zero-order valence-electron chi connectivity index (χ0n) is 8.59. The van der Waals surface area contributed by atoms with Gasteiger partial charge in [-0.15, -0.1) is 0 Å². The summed E-state index contributed by atoms with van der Waals surface area (Å²) in [5.74, 6) is -0.389. The fourth-order valence-electron chi connectivity index (χ4n) is 1.24. The summed E-state index contributed by atoms with van der Waals surface area (Å²) in [6.45, 7) is 0. The van der Waals surface area contributed by atoms with E-state index in [1.165, 1.54) is 0 Å². The van der Waals surface area contributed by atoms with Crippen LogP contribution in [0.25, 0.3) is 0 Å². The molecule has 0 spiro atoms. The molecule has 0 saturated heterocycles. The number of amides is 1. The first-order chi connectivity index (χ1) is 7.68. The molecule has 1 rings (SSSR count). The Morgan fingerprint density at radius 2 is 1.94 bits per heavy atom. The minimum Gasteiger partial charge on any atom is -0.273 e. The molecule has 0 aliphatic heterocycles. The fraction of sp³-hybridized carbons (Fsp3) is 0.300. The molecule has 0 unspecified atom stereocenters. The number of carbonyl (C=O) groups is 1. The molecule has 1 aromatic carbocycles. The van der Waals surface area contributed by atoms with Crippen molar-refractivity contribution in [3.63, 3.8) is 0 Å². The zero-order valence-corrected chi connectivity index (χ0v) is 9.40. The highest BCUT2D eigenvalue weighted by Gasteiger charge is 2.00. The van der Waals surface area contributed by atoms with Crippen molar-refractivity contribution in [2.24, 2.45) is 4.47 Å². The first-order valence-corrected chi connectivity index (χ1v) is 5.84. The van der Waals surface area contributed by atoms with Crippen molar-refractivity contribution < 1.29 is 13.2 Å². The maximum absolute atomic E-state index is 11.1. The van der Waals surface area contributed by atoms with Crippen LogP contribution in [-0.2, 0) is 21.7 Å². The summed E-state index contributed by atoms with van der Waals surface area (Å²) in [5.41, 5.74) is 3.09. The average molecular weight is 240 g/mol. The van der Waals surface area contributed by atoms with E-state index in [0.717, 1.165) is 12.0 Å². The lowest BCUT2D eigenvalue weighted by Crippen LogP contribution is -2.16. The van der Waals surface area contributed by atoms with Crippen molar-refractivity contribution in [3.05, 3.63) is 35.9 Å². The second-order valence-corrected chi connectivity index (χ2v) is 3.80. The Labute approximate surface area is 95.2 Å². The van der Waals surface area contributed by atoms with Gasteiger partial charge in [-0.2, -0.15) is 8.42 Å². The van der Waals surface area contributed by atoms with Crippen LogP contribution in [0.4, 0.5) is 0 Å². The highest BCUT2D eigenvalue weighted by molar-refractivity contribution is 7.61. The molecule has 86 valence electrons. The third kappa shape index (κ3) is 5.26. The van der Waals surface area contributed by atoms with Crippen molar-refractivity contribution in [2.75, 3.05) is 0 Å². The van der Waals surface area contributed by atoms with Gasteiger partial charge in [-0.05, 0) is 18.4 Å². The lowest BCUT2D eigenvalue weighted by molar-refractivity contribution is -0.121. The van der Waals surface area contributed by atoms with Crippen LogP contribution >= 0.6 is 0 Å². The third-order valence-corrected chi connectivity index (χ3v) is 2.20. The number of nitrogens with one attached hydrogen (secondary N) is 1. The van der Waals surface area contributed by atoms with Crippen LogP contribution in [0.3, 0.4) is 0 Å². The van der Waals surface area contributed by atoms with Gasteiger partial charge in [-0.1, -0.05) is 34.8 Å². The van der Waals surface area contributed by atoms with Crippen molar-refractivity contribution in [1.82, 2.24) is 5.43 Å². The van der Waals surface area contributed by atoms with E-state index in [9.17, 15) is 13.2 Å². The van der Waals surface area contributed by atoms with E-state index in [1.807, 2.05) is 35.8 Å². The van der Waals surface area contributed by atoms with Gasteiger partial charge in [0.25, 0.3) is 0 Å². The summed E-state index contributed by atoms with van der Waals surface area (Å²) >= 11 is 0. The molecule has 0 bridgehead atoms. The third-order valence-electron chi connectivity index (χ3n) is 1.96. The van der Waals surface area contributed by atoms with Gasteiger partial charge in [0.05, 0.1) is 0 Å². The molecule has 0 aromatic heterocycles. The van der Waals surface area contributed by atoms with Crippen LogP contribution in [0, 0.1) is 0 Å². The van der Waals surface area contributed by atoms with Gasteiger partial charge in [-0.25, -0.2) is 5.43 Å². The molecule has 1 N–H and O–H groups in total. The van der Waals surface area contributed by atoms with Crippen LogP contribution < -0.4 is 5.43 Å².